The molecule has 0 unspecified atom stereocenters. The summed E-state index contributed by atoms with van der Waals surface area (Å²) < 4.78 is 22.1. The van der Waals surface area contributed by atoms with Crippen molar-refractivity contribution in [1.29, 1.82) is 0 Å². The van der Waals surface area contributed by atoms with Gasteiger partial charge in [-0.25, -0.2) is 8.42 Å². The molecule has 0 fully saturated rings. The molecule has 1 aromatic rings. The summed E-state index contributed by atoms with van der Waals surface area (Å²) in [5, 5.41) is 0. The van der Waals surface area contributed by atoms with E-state index >= 15 is 0 Å². The van der Waals surface area contributed by atoms with E-state index in [0.717, 1.165) is 6.26 Å². The summed E-state index contributed by atoms with van der Waals surface area (Å²) in [4.78, 5) is 0.170. The van der Waals surface area contributed by atoms with Gasteiger partial charge in [-0.1, -0.05) is 36.9 Å². The van der Waals surface area contributed by atoms with E-state index in [-0.39, 0.29) is 4.91 Å². The molecule has 0 saturated carbocycles. The van der Waals surface area contributed by atoms with Crippen LogP contribution in [0.3, 0.4) is 0 Å². The minimum absolute atomic E-state index is 0.170. The predicted octanol–water partition coefficient (Wildman–Crippen LogP) is 1.70. The monoisotopic (exact) mass is 182 g/mol. The van der Waals surface area contributed by atoms with Gasteiger partial charge in [-0.05, 0) is 5.56 Å². The summed E-state index contributed by atoms with van der Waals surface area (Å²) in [5.74, 6) is 0. The van der Waals surface area contributed by atoms with Crippen LogP contribution in [0.25, 0.3) is 4.91 Å². The van der Waals surface area contributed by atoms with E-state index in [1.807, 2.05) is 6.07 Å². The summed E-state index contributed by atoms with van der Waals surface area (Å²) >= 11 is 0. The van der Waals surface area contributed by atoms with Gasteiger partial charge in [0, 0.05) is 6.26 Å². The topological polar surface area (TPSA) is 34.1 Å². The minimum atomic E-state index is -3.15. The second kappa shape index (κ2) is 3.11. The lowest BCUT2D eigenvalue weighted by Gasteiger charge is -2.01. The number of hydrogen-bond donors (Lipinski definition) is 0. The smallest absolute Gasteiger partial charge is 0.175 e. The molecule has 1 aromatic carbocycles. The highest BCUT2D eigenvalue weighted by Crippen LogP contribution is 2.16. The van der Waals surface area contributed by atoms with Gasteiger partial charge < -0.3 is 0 Å². The van der Waals surface area contributed by atoms with Gasteiger partial charge in [-0.15, -0.1) is 0 Å². The van der Waals surface area contributed by atoms with Crippen molar-refractivity contribution < 1.29 is 8.42 Å². The van der Waals surface area contributed by atoms with Crippen molar-refractivity contribution in [2.45, 2.75) is 0 Å². The molecule has 0 bridgehead atoms. The second-order valence-electron chi connectivity index (χ2n) is 2.56. The van der Waals surface area contributed by atoms with Crippen LogP contribution in [0, 0.1) is 0 Å². The molecular weight excluding hydrogens is 172 g/mol. The van der Waals surface area contributed by atoms with Crippen LogP contribution >= 0.6 is 0 Å². The fraction of sp³-hybridized carbons (Fsp3) is 0.111. The Kier molecular flexibility index (Phi) is 2.33. The zero-order valence-corrected chi connectivity index (χ0v) is 7.64. The van der Waals surface area contributed by atoms with E-state index in [2.05, 4.69) is 6.58 Å². The van der Waals surface area contributed by atoms with Gasteiger partial charge in [-0.3, -0.25) is 0 Å². The van der Waals surface area contributed by atoms with Gasteiger partial charge in [0.1, 0.15) is 0 Å². The fourth-order valence-corrected chi connectivity index (χ4v) is 1.40. The summed E-state index contributed by atoms with van der Waals surface area (Å²) in [5.41, 5.74) is 0.653. The fourth-order valence-electron chi connectivity index (χ4n) is 0.838. The van der Waals surface area contributed by atoms with Gasteiger partial charge in [0.2, 0.25) is 0 Å². The molecule has 0 saturated heterocycles. The largest absolute Gasteiger partial charge is 0.224 e. The van der Waals surface area contributed by atoms with Crippen LogP contribution in [0.15, 0.2) is 36.9 Å². The molecule has 3 heteroatoms. The van der Waals surface area contributed by atoms with Crippen molar-refractivity contribution in [1.82, 2.24) is 0 Å². The van der Waals surface area contributed by atoms with E-state index in [4.69, 9.17) is 0 Å². The third-order valence-corrected chi connectivity index (χ3v) is 2.67. The van der Waals surface area contributed by atoms with Crippen LogP contribution in [0.5, 0.6) is 0 Å². The highest BCUT2D eigenvalue weighted by atomic mass is 32.2. The van der Waals surface area contributed by atoms with Gasteiger partial charge >= 0.3 is 0 Å². The van der Waals surface area contributed by atoms with Gasteiger partial charge in [0.25, 0.3) is 0 Å². The Bertz CT molecular complexity index is 376. The molecule has 0 aromatic heterocycles. The van der Waals surface area contributed by atoms with Crippen molar-refractivity contribution in [3.8, 4) is 0 Å². The molecule has 0 aliphatic carbocycles. The first-order valence-corrected chi connectivity index (χ1v) is 5.35. The molecule has 0 spiro atoms. The Balaban J connectivity index is 3.11. The molecular formula is C9H10O2S. The highest BCUT2D eigenvalue weighted by molar-refractivity contribution is 7.99. The first kappa shape index (κ1) is 9.00. The van der Waals surface area contributed by atoms with Crippen molar-refractivity contribution in [2.75, 3.05) is 6.26 Å². The summed E-state index contributed by atoms with van der Waals surface area (Å²) in [6, 6.07) is 8.85. The van der Waals surface area contributed by atoms with E-state index in [0.29, 0.717) is 5.56 Å². The molecule has 1 rings (SSSR count). The molecule has 0 aliphatic heterocycles. The SMILES string of the molecule is C=C(c1ccccc1)S(C)(=O)=O. The normalized spacial score (nSPS) is 11.1. The third-order valence-electron chi connectivity index (χ3n) is 1.54. The molecule has 64 valence electrons. The molecule has 0 atom stereocenters. The lowest BCUT2D eigenvalue weighted by atomic mass is 10.2. The van der Waals surface area contributed by atoms with Crippen molar-refractivity contribution in [2.24, 2.45) is 0 Å². The zero-order valence-electron chi connectivity index (χ0n) is 6.82. The van der Waals surface area contributed by atoms with Crippen LogP contribution in [0.1, 0.15) is 5.56 Å². The van der Waals surface area contributed by atoms with Crippen molar-refractivity contribution in [3.05, 3.63) is 42.5 Å². The standard InChI is InChI=1S/C9H10O2S/c1-8(12(2,10)11)9-6-4-3-5-7-9/h3-7H,1H2,2H3. The summed E-state index contributed by atoms with van der Waals surface area (Å²) in [7, 11) is -3.15. The first-order chi connectivity index (χ1) is 5.52. The Morgan fingerprint density at radius 3 is 2.17 bits per heavy atom. The van der Waals surface area contributed by atoms with Gasteiger partial charge in [-0.2, -0.15) is 0 Å². The average molecular weight is 182 g/mol. The van der Waals surface area contributed by atoms with Crippen molar-refractivity contribution in [3.63, 3.8) is 0 Å². The lowest BCUT2D eigenvalue weighted by molar-refractivity contribution is 0.611. The molecule has 12 heavy (non-hydrogen) atoms. The van der Waals surface area contributed by atoms with Crippen LogP contribution in [0.2, 0.25) is 0 Å². The molecule has 0 radical (unpaired) electrons. The quantitative estimate of drug-likeness (QED) is 0.697. The number of benzene rings is 1. The number of rotatable bonds is 2. The van der Waals surface area contributed by atoms with Crippen molar-refractivity contribution >= 4 is 14.7 Å². The van der Waals surface area contributed by atoms with E-state index < -0.39 is 9.84 Å². The van der Waals surface area contributed by atoms with E-state index in [9.17, 15) is 8.42 Å². The molecule has 0 aliphatic rings. The van der Waals surface area contributed by atoms with Gasteiger partial charge in [0.05, 0.1) is 4.91 Å². The lowest BCUT2D eigenvalue weighted by Crippen LogP contribution is -1.97. The van der Waals surface area contributed by atoms with Crippen LogP contribution in [-0.2, 0) is 9.84 Å². The minimum Gasteiger partial charge on any atom is -0.224 e. The Morgan fingerprint density at radius 2 is 1.75 bits per heavy atom. The molecule has 0 heterocycles. The van der Waals surface area contributed by atoms with Gasteiger partial charge in [0.15, 0.2) is 9.84 Å². The zero-order chi connectivity index (χ0) is 9.19. The molecule has 0 amide bonds. The van der Waals surface area contributed by atoms with Crippen LogP contribution in [-0.4, -0.2) is 14.7 Å². The Morgan fingerprint density at radius 1 is 1.25 bits per heavy atom. The average Bonchev–Trinajstić information content (AvgIpc) is 2.03. The maximum absolute atomic E-state index is 11.0. The van der Waals surface area contributed by atoms with Crippen LogP contribution < -0.4 is 0 Å². The third kappa shape index (κ3) is 1.95. The summed E-state index contributed by atoms with van der Waals surface area (Å²) in [6.07, 6.45) is 1.16. The highest BCUT2D eigenvalue weighted by Gasteiger charge is 2.09. The predicted molar refractivity (Wildman–Crippen MR) is 50.3 cm³/mol. The van der Waals surface area contributed by atoms with E-state index in [1.54, 1.807) is 24.3 Å². The van der Waals surface area contributed by atoms with Crippen LogP contribution in [0.4, 0.5) is 0 Å². The Labute approximate surface area is 72.5 Å². The molecule has 2 nitrogen and oxygen atoms in total. The molecule has 0 N–H and O–H groups in total. The van der Waals surface area contributed by atoms with E-state index in [1.165, 1.54) is 0 Å². The first-order valence-electron chi connectivity index (χ1n) is 3.46. The maximum atomic E-state index is 11.0. The summed E-state index contributed by atoms with van der Waals surface area (Å²) in [6.45, 7) is 3.51. The second-order valence-corrected chi connectivity index (χ2v) is 4.60. The Hall–Kier alpha value is -1.09. The number of sulfone groups is 1. The number of hydrogen-bond acceptors (Lipinski definition) is 2. The maximum Gasteiger partial charge on any atom is 0.175 e.